The fourth-order valence-corrected chi connectivity index (χ4v) is 4.31. The van der Waals surface area contributed by atoms with E-state index in [9.17, 15) is 8.42 Å². The molecule has 0 bridgehead atoms. The molecule has 1 aliphatic carbocycles. The normalized spacial score (nSPS) is 25.3. The van der Waals surface area contributed by atoms with E-state index in [0.717, 1.165) is 25.7 Å². The molecule has 1 aromatic heterocycles. The highest BCUT2D eigenvalue weighted by atomic mass is 35.5. The minimum absolute atomic E-state index is 0.0151. The zero-order valence-corrected chi connectivity index (χ0v) is 12.1. The molecule has 2 N–H and O–H groups in total. The largest absolute Gasteiger partial charge is 0.281 e. The lowest BCUT2D eigenvalue weighted by molar-refractivity contribution is 0.416. The molecular formula is C11H18ClN3O2S. The van der Waals surface area contributed by atoms with Crippen molar-refractivity contribution in [2.24, 2.45) is 0 Å². The first-order valence-corrected chi connectivity index (χ1v) is 8.00. The standard InChI is InChI=1S/C11H18ClN3O2S/c1-7-11(8(2)14-13-7)18(16,17)15-10-5-3-9(12)4-6-10/h9-10,15H,3-6H2,1-2H3,(H,13,14). The topological polar surface area (TPSA) is 74.8 Å². The molecule has 0 unspecified atom stereocenters. The van der Waals surface area contributed by atoms with Gasteiger partial charge in [-0.1, -0.05) is 0 Å². The molecule has 1 heterocycles. The third-order valence-electron chi connectivity index (χ3n) is 3.31. The molecule has 1 saturated carbocycles. The Kier molecular flexibility index (Phi) is 3.99. The van der Waals surface area contributed by atoms with E-state index in [4.69, 9.17) is 11.6 Å². The number of nitrogens with zero attached hydrogens (tertiary/aromatic N) is 1. The second-order valence-electron chi connectivity index (χ2n) is 4.83. The molecule has 1 aliphatic rings. The summed E-state index contributed by atoms with van der Waals surface area (Å²) in [7, 11) is -3.48. The maximum Gasteiger partial charge on any atom is 0.244 e. The first kappa shape index (κ1) is 13.8. The molecule has 18 heavy (non-hydrogen) atoms. The van der Waals surface area contributed by atoms with E-state index in [1.165, 1.54) is 0 Å². The van der Waals surface area contributed by atoms with Crippen molar-refractivity contribution in [2.45, 2.75) is 55.8 Å². The number of halogens is 1. The average molecular weight is 292 g/mol. The van der Waals surface area contributed by atoms with Crippen LogP contribution >= 0.6 is 11.6 Å². The maximum atomic E-state index is 12.3. The van der Waals surface area contributed by atoms with Crippen LogP contribution in [0, 0.1) is 13.8 Å². The Morgan fingerprint density at radius 3 is 2.39 bits per heavy atom. The Labute approximate surface area is 112 Å². The first-order valence-electron chi connectivity index (χ1n) is 6.08. The monoisotopic (exact) mass is 291 g/mol. The fraction of sp³-hybridized carbons (Fsp3) is 0.727. The molecule has 102 valence electrons. The van der Waals surface area contributed by atoms with Crippen molar-refractivity contribution in [3.8, 4) is 0 Å². The summed E-state index contributed by atoms with van der Waals surface area (Å²) in [5.74, 6) is 0. The highest BCUT2D eigenvalue weighted by molar-refractivity contribution is 7.89. The second-order valence-corrected chi connectivity index (χ2v) is 7.10. The lowest BCUT2D eigenvalue weighted by Gasteiger charge is -2.25. The van der Waals surface area contributed by atoms with Crippen LogP contribution in [0.4, 0.5) is 0 Å². The maximum absolute atomic E-state index is 12.3. The zero-order chi connectivity index (χ0) is 13.3. The molecule has 1 fully saturated rings. The molecule has 0 aromatic carbocycles. The number of aromatic amines is 1. The van der Waals surface area contributed by atoms with Gasteiger partial charge in [-0.05, 0) is 39.5 Å². The van der Waals surface area contributed by atoms with Gasteiger partial charge in [0, 0.05) is 11.4 Å². The van der Waals surface area contributed by atoms with Crippen molar-refractivity contribution >= 4 is 21.6 Å². The van der Waals surface area contributed by atoms with Gasteiger partial charge in [0.05, 0.1) is 11.4 Å². The van der Waals surface area contributed by atoms with Crippen LogP contribution in [-0.2, 0) is 10.0 Å². The zero-order valence-electron chi connectivity index (χ0n) is 10.5. The van der Waals surface area contributed by atoms with Gasteiger partial charge in [0.1, 0.15) is 4.90 Å². The molecule has 0 atom stereocenters. The molecule has 0 aliphatic heterocycles. The van der Waals surface area contributed by atoms with Crippen molar-refractivity contribution in [3.05, 3.63) is 11.4 Å². The molecule has 0 spiro atoms. The minimum atomic E-state index is -3.48. The van der Waals surface area contributed by atoms with Crippen molar-refractivity contribution in [3.63, 3.8) is 0 Å². The van der Waals surface area contributed by atoms with E-state index >= 15 is 0 Å². The van der Waals surface area contributed by atoms with Crippen molar-refractivity contribution in [1.29, 1.82) is 0 Å². The van der Waals surface area contributed by atoms with Gasteiger partial charge >= 0.3 is 0 Å². The summed E-state index contributed by atoms with van der Waals surface area (Å²) in [6, 6.07) is -0.0151. The highest BCUT2D eigenvalue weighted by Crippen LogP contribution is 2.25. The lowest BCUT2D eigenvalue weighted by atomic mass is 9.96. The number of rotatable bonds is 3. The van der Waals surface area contributed by atoms with Crippen LogP contribution in [0.2, 0.25) is 0 Å². The summed E-state index contributed by atoms with van der Waals surface area (Å²) in [6.07, 6.45) is 3.31. The third kappa shape index (κ3) is 2.87. The Morgan fingerprint density at radius 2 is 1.89 bits per heavy atom. The van der Waals surface area contributed by atoms with Crippen LogP contribution in [0.1, 0.15) is 37.1 Å². The van der Waals surface area contributed by atoms with Gasteiger partial charge < -0.3 is 0 Å². The summed E-state index contributed by atoms with van der Waals surface area (Å²) in [4.78, 5) is 0.274. The third-order valence-corrected chi connectivity index (χ3v) is 5.53. The van der Waals surface area contributed by atoms with Crippen LogP contribution < -0.4 is 4.72 Å². The summed E-state index contributed by atoms with van der Waals surface area (Å²) < 4.78 is 27.3. The molecule has 5 nitrogen and oxygen atoms in total. The van der Waals surface area contributed by atoms with E-state index in [1.807, 2.05) is 0 Å². The van der Waals surface area contributed by atoms with E-state index in [0.29, 0.717) is 11.4 Å². The van der Waals surface area contributed by atoms with E-state index in [2.05, 4.69) is 14.9 Å². The summed E-state index contributed by atoms with van der Waals surface area (Å²) in [5, 5.41) is 6.80. The molecule has 0 radical (unpaired) electrons. The van der Waals surface area contributed by atoms with Crippen molar-refractivity contribution in [1.82, 2.24) is 14.9 Å². The van der Waals surface area contributed by atoms with Crippen LogP contribution in [-0.4, -0.2) is 30.0 Å². The molecule has 7 heteroatoms. The van der Waals surface area contributed by atoms with Gasteiger partial charge in [0.2, 0.25) is 10.0 Å². The number of nitrogens with one attached hydrogen (secondary N) is 2. The van der Waals surface area contributed by atoms with Crippen LogP contribution in [0.5, 0.6) is 0 Å². The smallest absolute Gasteiger partial charge is 0.244 e. The number of alkyl halides is 1. The van der Waals surface area contributed by atoms with Crippen molar-refractivity contribution in [2.75, 3.05) is 0 Å². The Balaban J connectivity index is 2.13. The van der Waals surface area contributed by atoms with Gasteiger partial charge in [-0.3, -0.25) is 5.10 Å². The van der Waals surface area contributed by atoms with Gasteiger partial charge in [0.25, 0.3) is 0 Å². The van der Waals surface area contributed by atoms with Gasteiger partial charge in [-0.2, -0.15) is 5.10 Å². The number of H-pyrrole nitrogens is 1. The Hall–Kier alpha value is -0.590. The van der Waals surface area contributed by atoms with Crippen molar-refractivity contribution < 1.29 is 8.42 Å². The van der Waals surface area contributed by atoms with E-state index in [-0.39, 0.29) is 16.3 Å². The van der Waals surface area contributed by atoms with E-state index in [1.54, 1.807) is 13.8 Å². The van der Waals surface area contributed by atoms with Gasteiger partial charge in [-0.25, -0.2) is 13.1 Å². The summed E-state index contributed by atoms with van der Waals surface area (Å²) in [5.41, 5.74) is 1.08. The average Bonchev–Trinajstić information content (AvgIpc) is 2.62. The number of hydrogen-bond donors (Lipinski definition) is 2. The quantitative estimate of drug-likeness (QED) is 0.835. The minimum Gasteiger partial charge on any atom is -0.281 e. The molecule has 2 rings (SSSR count). The predicted octanol–water partition coefficient (Wildman–Crippen LogP) is 1.85. The van der Waals surface area contributed by atoms with Crippen LogP contribution in [0.15, 0.2) is 4.90 Å². The second kappa shape index (κ2) is 5.19. The molecule has 0 amide bonds. The summed E-state index contributed by atoms with van der Waals surface area (Å²) in [6.45, 7) is 3.40. The highest BCUT2D eigenvalue weighted by Gasteiger charge is 2.28. The van der Waals surface area contributed by atoms with Gasteiger partial charge in [-0.15, -0.1) is 11.6 Å². The summed E-state index contributed by atoms with van der Waals surface area (Å²) >= 11 is 6.01. The van der Waals surface area contributed by atoms with E-state index < -0.39 is 10.0 Å². The van der Waals surface area contributed by atoms with Gasteiger partial charge in [0.15, 0.2) is 0 Å². The Morgan fingerprint density at radius 1 is 1.28 bits per heavy atom. The molecule has 0 saturated heterocycles. The number of aryl methyl sites for hydroxylation is 2. The van der Waals surface area contributed by atoms with Crippen LogP contribution in [0.3, 0.4) is 0 Å². The molecule has 1 aromatic rings. The number of sulfonamides is 1. The first-order chi connectivity index (χ1) is 8.40. The Bertz CT molecular complexity index is 499. The number of aromatic nitrogens is 2. The molecular weight excluding hydrogens is 274 g/mol. The SMILES string of the molecule is Cc1n[nH]c(C)c1S(=O)(=O)NC1CCC(Cl)CC1. The fourth-order valence-electron chi connectivity index (χ4n) is 2.39. The van der Waals surface area contributed by atoms with Crippen LogP contribution in [0.25, 0.3) is 0 Å². The predicted molar refractivity (Wildman–Crippen MR) is 70.3 cm³/mol. The number of hydrogen-bond acceptors (Lipinski definition) is 3. The lowest BCUT2D eigenvalue weighted by Crippen LogP contribution is -2.38.